The molecule has 0 atom stereocenters. The maximum absolute atomic E-state index is 13.9. The number of halogens is 1. The lowest BCUT2D eigenvalue weighted by molar-refractivity contribution is -0.114. The second kappa shape index (κ2) is 5.36. The van der Waals surface area contributed by atoms with Crippen LogP contribution < -0.4 is 15.8 Å². The number of ether oxygens (including phenoxy) is 1. The van der Waals surface area contributed by atoms with Crippen LogP contribution in [-0.2, 0) is 4.79 Å². The average Bonchev–Trinajstić information content (AvgIpc) is 2.89. The zero-order chi connectivity index (χ0) is 15.7. The Hall–Kier alpha value is -3.09. The fourth-order valence-electron chi connectivity index (χ4n) is 2.07. The highest BCUT2D eigenvalue weighted by molar-refractivity contribution is 5.89. The molecule has 112 valence electrons. The van der Waals surface area contributed by atoms with Crippen LogP contribution in [0.15, 0.2) is 42.7 Å². The van der Waals surface area contributed by atoms with E-state index < -0.39 is 5.82 Å². The molecular weight excluding hydrogens is 287 g/mol. The van der Waals surface area contributed by atoms with Gasteiger partial charge < -0.3 is 15.8 Å². The van der Waals surface area contributed by atoms with Gasteiger partial charge in [-0.05, 0) is 18.2 Å². The van der Waals surface area contributed by atoms with Crippen molar-refractivity contribution in [1.29, 1.82) is 0 Å². The number of nitrogen functional groups attached to an aromatic ring is 1. The highest BCUT2D eigenvalue weighted by Crippen LogP contribution is 2.31. The van der Waals surface area contributed by atoms with Gasteiger partial charge in [0.25, 0.3) is 0 Å². The number of anilines is 2. The predicted molar refractivity (Wildman–Crippen MR) is 80.4 cm³/mol. The van der Waals surface area contributed by atoms with Gasteiger partial charge in [-0.15, -0.1) is 0 Å². The first kappa shape index (κ1) is 13.9. The van der Waals surface area contributed by atoms with Crippen LogP contribution in [0.1, 0.15) is 6.92 Å². The molecule has 0 radical (unpaired) electrons. The van der Waals surface area contributed by atoms with Crippen LogP contribution in [0.25, 0.3) is 5.52 Å². The van der Waals surface area contributed by atoms with Crippen molar-refractivity contribution in [2.24, 2.45) is 0 Å². The van der Waals surface area contributed by atoms with Crippen LogP contribution in [0.2, 0.25) is 0 Å². The van der Waals surface area contributed by atoms with Gasteiger partial charge in [-0.1, -0.05) is 0 Å². The lowest BCUT2D eigenvalue weighted by atomic mass is 10.3. The quantitative estimate of drug-likeness (QED) is 0.729. The van der Waals surface area contributed by atoms with E-state index in [1.807, 2.05) is 0 Å². The van der Waals surface area contributed by atoms with E-state index in [-0.39, 0.29) is 11.7 Å². The first-order valence-electron chi connectivity index (χ1n) is 6.51. The highest BCUT2D eigenvalue weighted by Gasteiger charge is 2.11. The second-order valence-electron chi connectivity index (χ2n) is 4.73. The zero-order valence-corrected chi connectivity index (χ0v) is 11.7. The van der Waals surface area contributed by atoms with Crippen LogP contribution in [0.4, 0.5) is 15.8 Å². The van der Waals surface area contributed by atoms with Crippen molar-refractivity contribution in [1.82, 2.24) is 9.61 Å². The van der Waals surface area contributed by atoms with E-state index in [4.69, 9.17) is 10.5 Å². The van der Waals surface area contributed by atoms with Gasteiger partial charge >= 0.3 is 0 Å². The summed E-state index contributed by atoms with van der Waals surface area (Å²) >= 11 is 0. The Labute approximate surface area is 125 Å². The molecule has 0 aliphatic rings. The molecule has 22 heavy (non-hydrogen) atoms. The standard InChI is InChI=1S/C15H13FN4O2/c1-9(21)19-11-7-15(13-4-5-18-20(13)8-11)22-14-3-2-10(17)6-12(14)16/h2-8H,17H2,1H3,(H,19,21). The molecule has 7 heteroatoms. The third kappa shape index (κ3) is 2.69. The van der Waals surface area contributed by atoms with E-state index in [0.717, 1.165) is 0 Å². The van der Waals surface area contributed by atoms with Crippen molar-refractivity contribution in [3.05, 3.63) is 48.5 Å². The summed E-state index contributed by atoms with van der Waals surface area (Å²) in [5, 5.41) is 6.74. The van der Waals surface area contributed by atoms with Crippen molar-refractivity contribution in [2.45, 2.75) is 6.92 Å². The molecule has 0 saturated carbocycles. The molecule has 0 unspecified atom stereocenters. The first-order valence-corrected chi connectivity index (χ1v) is 6.51. The second-order valence-corrected chi connectivity index (χ2v) is 4.73. The van der Waals surface area contributed by atoms with Gasteiger partial charge in [0, 0.05) is 24.7 Å². The van der Waals surface area contributed by atoms with E-state index in [0.29, 0.717) is 22.6 Å². The summed E-state index contributed by atoms with van der Waals surface area (Å²) in [7, 11) is 0. The molecule has 2 heterocycles. The van der Waals surface area contributed by atoms with E-state index in [1.54, 1.807) is 30.6 Å². The van der Waals surface area contributed by atoms with Crippen LogP contribution in [-0.4, -0.2) is 15.5 Å². The van der Waals surface area contributed by atoms with Gasteiger partial charge in [0.05, 0.1) is 18.1 Å². The molecule has 1 amide bonds. The summed E-state index contributed by atoms with van der Waals surface area (Å²) in [5.74, 6) is -0.386. The Balaban J connectivity index is 2.04. The maximum atomic E-state index is 13.9. The summed E-state index contributed by atoms with van der Waals surface area (Å²) in [5.41, 5.74) is 6.97. The zero-order valence-electron chi connectivity index (χ0n) is 11.7. The number of hydrogen-bond acceptors (Lipinski definition) is 4. The molecular formula is C15H13FN4O2. The summed E-state index contributed by atoms with van der Waals surface area (Å²) in [6, 6.07) is 7.50. The minimum absolute atomic E-state index is 0.0391. The number of rotatable bonds is 3. The Bertz CT molecular complexity index is 860. The molecule has 0 aliphatic carbocycles. The van der Waals surface area contributed by atoms with Gasteiger partial charge in [0.1, 0.15) is 5.52 Å². The minimum Gasteiger partial charge on any atom is -0.452 e. The van der Waals surface area contributed by atoms with Gasteiger partial charge in [-0.3, -0.25) is 4.79 Å². The molecule has 1 aromatic carbocycles. The van der Waals surface area contributed by atoms with E-state index in [9.17, 15) is 9.18 Å². The number of pyridine rings is 1. The molecule has 3 rings (SSSR count). The van der Waals surface area contributed by atoms with Crippen molar-refractivity contribution in [3.8, 4) is 11.5 Å². The van der Waals surface area contributed by atoms with Crippen LogP contribution in [0, 0.1) is 5.82 Å². The predicted octanol–water partition coefficient (Wildman–Crippen LogP) is 2.81. The molecule has 6 nitrogen and oxygen atoms in total. The molecule has 0 fully saturated rings. The number of hydrogen-bond donors (Lipinski definition) is 2. The average molecular weight is 300 g/mol. The molecule has 3 N–H and O–H groups in total. The normalized spacial score (nSPS) is 10.6. The number of aromatic nitrogens is 2. The van der Waals surface area contributed by atoms with E-state index >= 15 is 0 Å². The first-order chi connectivity index (χ1) is 10.5. The van der Waals surface area contributed by atoms with E-state index in [2.05, 4.69) is 10.4 Å². The Morgan fingerprint density at radius 3 is 2.86 bits per heavy atom. The number of carbonyl (C=O) groups excluding carboxylic acids is 1. The lowest BCUT2D eigenvalue weighted by Crippen LogP contribution is -2.07. The number of fused-ring (bicyclic) bond motifs is 1. The van der Waals surface area contributed by atoms with Gasteiger partial charge in [0.2, 0.25) is 5.91 Å². The topological polar surface area (TPSA) is 81.6 Å². The number of nitrogens with one attached hydrogen (secondary N) is 1. The molecule has 0 aliphatic heterocycles. The van der Waals surface area contributed by atoms with Crippen molar-refractivity contribution >= 4 is 22.8 Å². The Kier molecular flexibility index (Phi) is 3.38. The fourth-order valence-corrected chi connectivity index (χ4v) is 2.07. The highest BCUT2D eigenvalue weighted by atomic mass is 19.1. The minimum atomic E-state index is -0.567. The molecule has 3 aromatic rings. The Morgan fingerprint density at radius 2 is 2.14 bits per heavy atom. The van der Waals surface area contributed by atoms with Crippen molar-refractivity contribution in [2.75, 3.05) is 11.1 Å². The smallest absolute Gasteiger partial charge is 0.221 e. The van der Waals surface area contributed by atoms with Crippen LogP contribution >= 0.6 is 0 Å². The molecule has 0 saturated heterocycles. The largest absolute Gasteiger partial charge is 0.452 e. The molecule has 0 bridgehead atoms. The van der Waals surface area contributed by atoms with Gasteiger partial charge in [-0.25, -0.2) is 8.91 Å². The van der Waals surface area contributed by atoms with Crippen molar-refractivity contribution in [3.63, 3.8) is 0 Å². The number of carbonyl (C=O) groups is 1. The lowest BCUT2D eigenvalue weighted by Gasteiger charge is -2.11. The van der Waals surface area contributed by atoms with Crippen molar-refractivity contribution < 1.29 is 13.9 Å². The third-order valence-electron chi connectivity index (χ3n) is 2.97. The fraction of sp³-hybridized carbons (Fsp3) is 0.0667. The summed E-state index contributed by atoms with van der Waals surface area (Å²) in [6.45, 7) is 1.40. The monoisotopic (exact) mass is 300 g/mol. The van der Waals surface area contributed by atoms with Gasteiger partial charge in [0.15, 0.2) is 17.3 Å². The summed E-state index contributed by atoms with van der Waals surface area (Å²) < 4.78 is 21.0. The number of amides is 1. The summed E-state index contributed by atoms with van der Waals surface area (Å²) in [4.78, 5) is 11.2. The third-order valence-corrected chi connectivity index (χ3v) is 2.97. The maximum Gasteiger partial charge on any atom is 0.221 e. The Morgan fingerprint density at radius 1 is 1.32 bits per heavy atom. The number of nitrogens with two attached hydrogens (primary N) is 1. The summed E-state index contributed by atoms with van der Waals surface area (Å²) in [6.07, 6.45) is 3.22. The van der Waals surface area contributed by atoms with Gasteiger partial charge in [-0.2, -0.15) is 5.10 Å². The SMILES string of the molecule is CC(=O)Nc1cc(Oc2ccc(N)cc2F)c2ccnn2c1. The molecule has 2 aromatic heterocycles. The van der Waals surface area contributed by atoms with Crippen LogP contribution in [0.5, 0.6) is 11.5 Å². The molecule has 0 spiro atoms. The number of nitrogens with zero attached hydrogens (tertiary/aromatic N) is 2. The number of benzene rings is 1. The van der Waals surface area contributed by atoms with E-state index in [1.165, 1.54) is 23.6 Å². The van der Waals surface area contributed by atoms with Crippen LogP contribution in [0.3, 0.4) is 0 Å².